The average Bonchev–Trinajstić information content (AvgIpc) is 2.87. The van der Waals surface area contributed by atoms with Crippen LogP contribution in [-0.2, 0) is 22.0 Å². The van der Waals surface area contributed by atoms with Crippen molar-refractivity contribution in [3.8, 4) is 0 Å². The summed E-state index contributed by atoms with van der Waals surface area (Å²) in [7, 11) is -0.0812. The summed E-state index contributed by atoms with van der Waals surface area (Å²) in [6.07, 6.45) is 2.80. The molecule has 1 saturated heterocycles. The summed E-state index contributed by atoms with van der Waals surface area (Å²) in [6, 6.07) is 0. The quantitative estimate of drug-likeness (QED) is 0.842. The molecule has 1 aliphatic rings. The SMILES string of the molecule is CN(C)S(=O)(=O)N1CCC(Cc2nc(C(C)(C)C)cs2)CC1. The van der Waals surface area contributed by atoms with Crippen molar-refractivity contribution in [2.75, 3.05) is 27.2 Å². The summed E-state index contributed by atoms with van der Waals surface area (Å²) >= 11 is 1.73. The number of hydrogen-bond acceptors (Lipinski definition) is 4. The van der Waals surface area contributed by atoms with E-state index in [2.05, 4.69) is 26.2 Å². The molecule has 1 aliphatic heterocycles. The number of piperidine rings is 1. The predicted molar refractivity (Wildman–Crippen MR) is 91.4 cm³/mol. The molecule has 0 saturated carbocycles. The largest absolute Gasteiger partial charge is 0.281 e. The molecule has 0 radical (unpaired) electrons. The Bertz CT molecular complexity index is 595. The van der Waals surface area contributed by atoms with Gasteiger partial charge in [0.1, 0.15) is 0 Å². The lowest BCUT2D eigenvalue weighted by molar-refractivity contribution is 0.261. The van der Waals surface area contributed by atoms with E-state index in [1.807, 2.05) is 0 Å². The molecule has 1 aromatic heterocycles. The van der Waals surface area contributed by atoms with Crippen LogP contribution in [0.25, 0.3) is 0 Å². The normalized spacial score (nSPS) is 19.0. The molecule has 0 amide bonds. The summed E-state index contributed by atoms with van der Waals surface area (Å²) < 4.78 is 27.1. The lowest BCUT2D eigenvalue weighted by Gasteiger charge is -2.32. The average molecular weight is 346 g/mol. The second-order valence-electron chi connectivity index (χ2n) is 7.21. The molecule has 5 nitrogen and oxygen atoms in total. The molecule has 22 heavy (non-hydrogen) atoms. The van der Waals surface area contributed by atoms with Gasteiger partial charge in [-0.2, -0.15) is 17.0 Å². The van der Waals surface area contributed by atoms with Crippen LogP contribution < -0.4 is 0 Å². The van der Waals surface area contributed by atoms with Crippen molar-refractivity contribution in [1.82, 2.24) is 13.6 Å². The van der Waals surface area contributed by atoms with E-state index >= 15 is 0 Å². The van der Waals surface area contributed by atoms with E-state index in [0.717, 1.165) is 25.0 Å². The second-order valence-corrected chi connectivity index (χ2v) is 10.3. The van der Waals surface area contributed by atoms with E-state index in [9.17, 15) is 8.42 Å². The molecule has 7 heteroatoms. The standard InChI is InChI=1S/C15H27N3O2S2/c1-15(2,3)13-11-21-14(16-13)10-12-6-8-18(9-7-12)22(19,20)17(4)5/h11-12H,6-10H2,1-5H3. The van der Waals surface area contributed by atoms with Gasteiger partial charge in [-0.15, -0.1) is 11.3 Å². The summed E-state index contributed by atoms with van der Waals surface area (Å²) in [5.74, 6) is 0.535. The third-order valence-corrected chi connectivity index (χ3v) is 6.96. The van der Waals surface area contributed by atoms with Crippen molar-refractivity contribution in [2.24, 2.45) is 5.92 Å². The zero-order valence-corrected chi connectivity index (χ0v) is 15.8. The van der Waals surface area contributed by atoms with Crippen LogP contribution >= 0.6 is 11.3 Å². The Kier molecular flexibility index (Phi) is 5.31. The highest BCUT2D eigenvalue weighted by atomic mass is 32.2. The molecular formula is C15H27N3O2S2. The summed E-state index contributed by atoms with van der Waals surface area (Å²) in [4.78, 5) is 4.75. The number of hydrogen-bond donors (Lipinski definition) is 0. The molecule has 0 N–H and O–H groups in total. The van der Waals surface area contributed by atoms with Crippen LogP contribution in [-0.4, -0.2) is 49.2 Å². The van der Waals surface area contributed by atoms with Crippen molar-refractivity contribution in [2.45, 2.75) is 45.4 Å². The van der Waals surface area contributed by atoms with Gasteiger partial charge in [0.15, 0.2) is 0 Å². The van der Waals surface area contributed by atoms with Gasteiger partial charge in [0, 0.05) is 44.4 Å². The van der Waals surface area contributed by atoms with Gasteiger partial charge in [0.2, 0.25) is 0 Å². The Hall–Kier alpha value is -0.500. The highest BCUT2D eigenvalue weighted by Crippen LogP contribution is 2.28. The molecule has 0 unspecified atom stereocenters. The zero-order valence-electron chi connectivity index (χ0n) is 14.2. The number of rotatable bonds is 4. The minimum atomic E-state index is -3.26. The van der Waals surface area contributed by atoms with Crippen molar-refractivity contribution < 1.29 is 8.42 Å². The van der Waals surface area contributed by atoms with Gasteiger partial charge in [-0.3, -0.25) is 0 Å². The summed E-state index contributed by atoms with van der Waals surface area (Å²) in [5, 5.41) is 3.33. The van der Waals surface area contributed by atoms with Gasteiger partial charge in [-0.1, -0.05) is 20.8 Å². The van der Waals surface area contributed by atoms with E-state index in [-0.39, 0.29) is 5.41 Å². The molecule has 2 rings (SSSR count). The first kappa shape index (κ1) is 17.8. The van der Waals surface area contributed by atoms with Crippen molar-refractivity contribution in [1.29, 1.82) is 0 Å². The van der Waals surface area contributed by atoms with Gasteiger partial charge in [-0.25, -0.2) is 4.98 Å². The van der Waals surface area contributed by atoms with E-state index in [0.29, 0.717) is 19.0 Å². The van der Waals surface area contributed by atoms with Crippen LogP contribution in [0.15, 0.2) is 5.38 Å². The maximum atomic E-state index is 12.1. The maximum Gasteiger partial charge on any atom is 0.281 e. The van der Waals surface area contributed by atoms with Crippen molar-refractivity contribution in [3.05, 3.63) is 16.1 Å². The smallest absolute Gasteiger partial charge is 0.246 e. The first-order valence-corrected chi connectivity index (χ1v) is 10.0. The maximum absolute atomic E-state index is 12.1. The predicted octanol–water partition coefficient (Wildman–Crippen LogP) is 2.50. The third kappa shape index (κ3) is 4.07. The van der Waals surface area contributed by atoms with Crippen LogP contribution in [0.3, 0.4) is 0 Å². The van der Waals surface area contributed by atoms with Crippen LogP contribution in [0.5, 0.6) is 0 Å². The molecule has 1 aromatic rings. The zero-order chi connectivity index (χ0) is 16.5. The van der Waals surface area contributed by atoms with Crippen LogP contribution in [0, 0.1) is 5.92 Å². The lowest BCUT2D eigenvalue weighted by atomic mass is 9.93. The summed E-state index contributed by atoms with van der Waals surface area (Å²) in [6.45, 7) is 7.76. The molecule has 0 bridgehead atoms. The summed E-state index contributed by atoms with van der Waals surface area (Å²) in [5.41, 5.74) is 1.25. The second kappa shape index (κ2) is 6.55. The molecule has 2 heterocycles. The van der Waals surface area contributed by atoms with Gasteiger partial charge in [0.05, 0.1) is 10.7 Å². The molecule has 0 spiro atoms. The van der Waals surface area contributed by atoms with E-state index in [1.165, 1.54) is 9.31 Å². The van der Waals surface area contributed by atoms with E-state index in [1.54, 1.807) is 29.7 Å². The molecular weight excluding hydrogens is 318 g/mol. The Morgan fingerprint density at radius 1 is 1.32 bits per heavy atom. The number of thiazole rings is 1. The highest BCUT2D eigenvalue weighted by Gasteiger charge is 2.30. The minimum Gasteiger partial charge on any atom is -0.246 e. The van der Waals surface area contributed by atoms with Gasteiger partial charge in [-0.05, 0) is 18.8 Å². The van der Waals surface area contributed by atoms with Gasteiger partial charge >= 0.3 is 0 Å². The fourth-order valence-corrected chi connectivity index (χ4v) is 4.84. The molecule has 0 aromatic carbocycles. The fraction of sp³-hybridized carbons (Fsp3) is 0.800. The van der Waals surface area contributed by atoms with E-state index < -0.39 is 10.2 Å². The van der Waals surface area contributed by atoms with Gasteiger partial charge in [0.25, 0.3) is 10.2 Å². The molecule has 126 valence electrons. The Morgan fingerprint density at radius 2 is 1.91 bits per heavy atom. The third-order valence-electron chi connectivity index (χ3n) is 4.14. The van der Waals surface area contributed by atoms with Crippen LogP contribution in [0.2, 0.25) is 0 Å². The molecule has 1 fully saturated rings. The van der Waals surface area contributed by atoms with E-state index in [4.69, 9.17) is 4.98 Å². The number of aromatic nitrogens is 1. The molecule has 0 atom stereocenters. The van der Waals surface area contributed by atoms with Crippen LogP contribution in [0.4, 0.5) is 0 Å². The van der Waals surface area contributed by atoms with Gasteiger partial charge < -0.3 is 0 Å². The highest BCUT2D eigenvalue weighted by molar-refractivity contribution is 7.86. The Labute approximate surface area is 138 Å². The minimum absolute atomic E-state index is 0.0951. The first-order chi connectivity index (χ1) is 10.1. The topological polar surface area (TPSA) is 53.5 Å². The lowest BCUT2D eigenvalue weighted by Crippen LogP contribution is -2.44. The Morgan fingerprint density at radius 3 is 2.36 bits per heavy atom. The van der Waals surface area contributed by atoms with Crippen molar-refractivity contribution >= 4 is 21.5 Å². The first-order valence-electron chi connectivity index (χ1n) is 7.73. The fourth-order valence-electron chi connectivity index (χ4n) is 2.57. The Balaban J connectivity index is 1.92. The monoisotopic (exact) mass is 345 g/mol. The van der Waals surface area contributed by atoms with Crippen LogP contribution in [0.1, 0.15) is 44.3 Å². The number of nitrogens with zero attached hydrogens (tertiary/aromatic N) is 3. The molecule has 0 aliphatic carbocycles. The van der Waals surface area contributed by atoms with Crippen molar-refractivity contribution in [3.63, 3.8) is 0 Å².